The lowest BCUT2D eigenvalue weighted by molar-refractivity contribution is -0.137. The first-order chi connectivity index (χ1) is 18.8. The second-order valence-corrected chi connectivity index (χ2v) is 10.6. The number of aromatic nitrogens is 1. The normalized spacial score (nSPS) is 17.4. The van der Waals surface area contributed by atoms with Crippen molar-refractivity contribution in [1.29, 1.82) is 0 Å². The third-order valence-electron chi connectivity index (χ3n) is 7.93. The Morgan fingerprint density at radius 3 is 2.62 bits per heavy atom. The molecule has 0 bridgehead atoms. The Labute approximate surface area is 227 Å². The second kappa shape index (κ2) is 9.84. The van der Waals surface area contributed by atoms with Crippen LogP contribution in [0, 0.1) is 26.6 Å². The van der Waals surface area contributed by atoms with Gasteiger partial charge in [-0.1, -0.05) is 18.2 Å². The number of carboxylic acid groups (broad SMARTS) is 1. The van der Waals surface area contributed by atoms with E-state index in [2.05, 4.69) is 44.0 Å². The van der Waals surface area contributed by atoms with Crippen LogP contribution in [0.1, 0.15) is 58.2 Å². The summed E-state index contributed by atoms with van der Waals surface area (Å²) in [5, 5.41) is 9.16. The summed E-state index contributed by atoms with van der Waals surface area (Å²) in [5.41, 5.74) is 10.1. The lowest BCUT2D eigenvalue weighted by Crippen LogP contribution is -2.07. The van der Waals surface area contributed by atoms with E-state index in [0.29, 0.717) is 30.1 Å². The molecule has 1 aliphatic heterocycles. The first kappa shape index (κ1) is 25.1. The van der Waals surface area contributed by atoms with Crippen molar-refractivity contribution in [3.05, 3.63) is 100.0 Å². The topological polar surface area (TPSA) is 68.7 Å². The third-order valence-corrected chi connectivity index (χ3v) is 7.93. The summed E-state index contributed by atoms with van der Waals surface area (Å²) in [6, 6.07) is 17.3. The van der Waals surface area contributed by atoms with Gasteiger partial charge in [0.15, 0.2) is 0 Å². The number of hydrogen-bond acceptors (Lipinski definition) is 4. The third kappa shape index (κ3) is 4.54. The molecule has 0 amide bonds. The summed E-state index contributed by atoms with van der Waals surface area (Å²) >= 11 is 0. The zero-order chi connectivity index (χ0) is 27.3. The predicted octanol–water partition coefficient (Wildman–Crippen LogP) is 7.50. The lowest BCUT2D eigenvalue weighted by Gasteiger charge is -2.19. The van der Waals surface area contributed by atoms with Crippen LogP contribution in [-0.4, -0.2) is 22.7 Å². The molecule has 6 rings (SSSR count). The zero-order valence-electron chi connectivity index (χ0n) is 22.3. The number of carbonyl (C=O) groups is 1. The summed E-state index contributed by atoms with van der Waals surface area (Å²) in [4.78, 5) is 15.7. The average molecular weight is 524 g/mol. The molecule has 0 spiro atoms. The van der Waals surface area contributed by atoms with Gasteiger partial charge in [-0.05, 0) is 97.3 Å². The number of aliphatic carboxylic acids is 1. The maximum Gasteiger partial charge on any atom is 0.304 e. The lowest BCUT2D eigenvalue weighted by atomic mass is 9.88. The van der Waals surface area contributed by atoms with E-state index in [1.54, 1.807) is 12.1 Å². The van der Waals surface area contributed by atoms with Gasteiger partial charge in [-0.2, -0.15) is 0 Å². The standard InChI is InChI=1S/C33H30FNO4/c1-18-5-4-12-35-33(18)21-13-19(2)31(20(3)14-21)25-8-10-27(34)32-26(25)9-11-28(32)39-23-6-7-24-22(15-30(36)37)17-38-29(24)16-23/h4-8,10,12-14,16,22,28H,9,11,15,17H2,1-3H3,(H,36,37). The number of halogens is 1. The maximum absolute atomic E-state index is 15.3. The quantitative estimate of drug-likeness (QED) is 0.283. The van der Waals surface area contributed by atoms with E-state index < -0.39 is 12.1 Å². The highest BCUT2D eigenvalue weighted by atomic mass is 19.1. The van der Waals surface area contributed by atoms with Crippen LogP contribution in [0.2, 0.25) is 0 Å². The average Bonchev–Trinajstić information content (AvgIpc) is 3.49. The van der Waals surface area contributed by atoms with Crippen LogP contribution >= 0.6 is 0 Å². The monoisotopic (exact) mass is 523 g/mol. The molecule has 2 aliphatic rings. The maximum atomic E-state index is 15.3. The van der Waals surface area contributed by atoms with Crippen molar-refractivity contribution in [2.24, 2.45) is 0 Å². The first-order valence-corrected chi connectivity index (χ1v) is 13.3. The number of rotatable bonds is 6. The number of carboxylic acids is 1. The van der Waals surface area contributed by atoms with Crippen LogP contribution in [0.25, 0.3) is 22.4 Å². The number of fused-ring (bicyclic) bond motifs is 2. The first-order valence-electron chi connectivity index (χ1n) is 13.3. The van der Waals surface area contributed by atoms with Crippen molar-refractivity contribution in [3.63, 3.8) is 0 Å². The smallest absolute Gasteiger partial charge is 0.304 e. The molecular weight excluding hydrogens is 493 g/mol. The molecule has 2 unspecified atom stereocenters. The van der Waals surface area contributed by atoms with Crippen molar-refractivity contribution in [3.8, 4) is 33.9 Å². The van der Waals surface area contributed by atoms with Crippen LogP contribution in [0.5, 0.6) is 11.5 Å². The van der Waals surface area contributed by atoms with Crippen LogP contribution in [0.4, 0.5) is 4.39 Å². The Hall–Kier alpha value is -4.19. The van der Waals surface area contributed by atoms with Gasteiger partial charge in [-0.3, -0.25) is 9.78 Å². The number of ether oxygens (including phenoxy) is 2. The molecule has 3 aromatic carbocycles. The van der Waals surface area contributed by atoms with Crippen LogP contribution in [-0.2, 0) is 11.2 Å². The molecule has 4 aromatic rings. The molecule has 1 aliphatic carbocycles. The number of benzene rings is 3. The summed E-state index contributed by atoms with van der Waals surface area (Å²) < 4.78 is 27.4. The van der Waals surface area contributed by atoms with E-state index in [0.717, 1.165) is 56.6 Å². The molecule has 6 heteroatoms. The van der Waals surface area contributed by atoms with Gasteiger partial charge in [-0.15, -0.1) is 0 Å². The van der Waals surface area contributed by atoms with E-state index in [4.69, 9.17) is 14.6 Å². The van der Waals surface area contributed by atoms with Gasteiger partial charge in [0.25, 0.3) is 0 Å². The molecule has 0 saturated carbocycles. The minimum Gasteiger partial charge on any atom is -0.492 e. The molecular formula is C33H30FNO4. The van der Waals surface area contributed by atoms with Gasteiger partial charge in [0, 0.05) is 34.9 Å². The molecule has 0 saturated heterocycles. The molecule has 2 heterocycles. The van der Waals surface area contributed by atoms with E-state index in [-0.39, 0.29) is 18.2 Å². The minimum absolute atomic E-state index is 0.0263. The Morgan fingerprint density at radius 1 is 1.08 bits per heavy atom. The highest BCUT2D eigenvalue weighted by Crippen LogP contribution is 2.45. The van der Waals surface area contributed by atoms with Crippen LogP contribution < -0.4 is 9.47 Å². The van der Waals surface area contributed by atoms with Gasteiger partial charge in [-0.25, -0.2) is 4.39 Å². The number of nitrogens with zero attached hydrogens (tertiary/aromatic N) is 1. The summed E-state index contributed by atoms with van der Waals surface area (Å²) in [5.74, 6) is -0.0440. The van der Waals surface area contributed by atoms with Crippen molar-refractivity contribution < 1.29 is 23.8 Å². The molecule has 198 valence electrons. The highest BCUT2D eigenvalue weighted by Gasteiger charge is 2.32. The molecule has 1 N–H and O–H groups in total. The van der Waals surface area contributed by atoms with Crippen LogP contribution in [0.15, 0.2) is 60.8 Å². The van der Waals surface area contributed by atoms with Gasteiger partial charge in [0.05, 0.1) is 18.7 Å². The van der Waals surface area contributed by atoms with E-state index in [1.807, 2.05) is 30.5 Å². The van der Waals surface area contributed by atoms with Crippen molar-refractivity contribution in [2.75, 3.05) is 6.61 Å². The van der Waals surface area contributed by atoms with E-state index in [9.17, 15) is 4.79 Å². The Morgan fingerprint density at radius 2 is 1.87 bits per heavy atom. The SMILES string of the molecule is Cc1cccnc1-c1cc(C)c(-c2ccc(F)c3c2CCC3Oc2ccc3c(c2)OCC3CC(=O)O)c(C)c1. The minimum atomic E-state index is -0.849. The molecule has 1 aromatic heterocycles. The van der Waals surface area contributed by atoms with Crippen molar-refractivity contribution in [2.45, 2.75) is 52.1 Å². The Balaban J connectivity index is 1.32. The zero-order valence-corrected chi connectivity index (χ0v) is 22.3. The highest BCUT2D eigenvalue weighted by molar-refractivity contribution is 5.79. The van der Waals surface area contributed by atoms with Crippen molar-refractivity contribution in [1.82, 2.24) is 4.98 Å². The molecule has 0 radical (unpaired) electrons. The Bertz CT molecular complexity index is 1590. The van der Waals surface area contributed by atoms with E-state index >= 15 is 4.39 Å². The van der Waals surface area contributed by atoms with Gasteiger partial charge in [0.1, 0.15) is 23.4 Å². The molecule has 39 heavy (non-hydrogen) atoms. The number of hydrogen-bond donors (Lipinski definition) is 1. The van der Waals surface area contributed by atoms with Gasteiger partial charge in [0.2, 0.25) is 0 Å². The Kier molecular flexibility index (Phi) is 6.34. The summed E-state index contributed by atoms with van der Waals surface area (Å²) in [6.07, 6.45) is 2.82. The fourth-order valence-electron chi connectivity index (χ4n) is 6.21. The second-order valence-electron chi connectivity index (χ2n) is 10.6. The molecule has 5 nitrogen and oxygen atoms in total. The predicted molar refractivity (Wildman–Crippen MR) is 148 cm³/mol. The summed E-state index contributed by atoms with van der Waals surface area (Å²) in [7, 11) is 0. The van der Waals surface area contributed by atoms with Gasteiger partial charge < -0.3 is 14.6 Å². The molecule has 0 fully saturated rings. The fraction of sp³-hybridized carbons (Fsp3) is 0.273. The number of pyridine rings is 1. The largest absolute Gasteiger partial charge is 0.492 e. The summed E-state index contributed by atoms with van der Waals surface area (Å²) in [6.45, 7) is 6.61. The molecule has 2 atom stereocenters. The van der Waals surface area contributed by atoms with E-state index in [1.165, 1.54) is 0 Å². The van der Waals surface area contributed by atoms with Gasteiger partial charge >= 0.3 is 5.97 Å². The fourth-order valence-corrected chi connectivity index (χ4v) is 6.21. The van der Waals surface area contributed by atoms with Crippen LogP contribution in [0.3, 0.4) is 0 Å². The van der Waals surface area contributed by atoms with Crippen molar-refractivity contribution >= 4 is 5.97 Å². The number of aryl methyl sites for hydroxylation is 3.